The summed E-state index contributed by atoms with van der Waals surface area (Å²) in [6.45, 7) is 3.25. The summed E-state index contributed by atoms with van der Waals surface area (Å²) in [5, 5.41) is 3.82. The smallest absolute Gasteiger partial charge is 0.230 e. The van der Waals surface area contributed by atoms with Crippen molar-refractivity contribution in [3.63, 3.8) is 0 Å². The van der Waals surface area contributed by atoms with Gasteiger partial charge in [0, 0.05) is 30.6 Å². The van der Waals surface area contributed by atoms with Gasteiger partial charge in [-0.3, -0.25) is 4.79 Å². The van der Waals surface area contributed by atoms with Crippen molar-refractivity contribution in [2.24, 2.45) is 0 Å². The zero-order chi connectivity index (χ0) is 17.1. The van der Waals surface area contributed by atoms with Crippen LogP contribution in [0.2, 0.25) is 0 Å². The highest BCUT2D eigenvalue weighted by Gasteiger charge is 2.29. The van der Waals surface area contributed by atoms with Gasteiger partial charge in [-0.15, -0.1) is 0 Å². The fourth-order valence-electron chi connectivity index (χ4n) is 3.16. The molecule has 1 atom stereocenters. The van der Waals surface area contributed by atoms with Gasteiger partial charge < -0.3 is 18.9 Å². The van der Waals surface area contributed by atoms with Crippen molar-refractivity contribution in [3.05, 3.63) is 41.3 Å². The fraction of sp³-hybridized carbons (Fsp3) is 0.444. The Labute approximate surface area is 141 Å². The number of carbonyl (C=O) groups excluding carboxylic acids is 1. The van der Waals surface area contributed by atoms with Crippen LogP contribution in [0, 0.1) is 6.92 Å². The lowest BCUT2D eigenvalue weighted by Crippen LogP contribution is -2.29. The van der Waals surface area contributed by atoms with Gasteiger partial charge in [-0.1, -0.05) is 5.16 Å². The van der Waals surface area contributed by atoms with E-state index in [1.54, 1.807) is 20.3 Å². The third-order valence-electron chi connectivity index (χ3n) is 4.42. The van der Waals surface area contributed by atoms with Crippen LogP contribution in [0.5, 0.6) is 11.5 Å². The van der Waals surface area contributed by atoms with E-state index in [4.69, 9.17) is 14.0 Å². The number of hydrogen-bond acceptors (Lipinski definition) is 5. The van der Waals surface area contributed by atoms with Gasteiger partial charge >= 0.3 is 0 Å². The number of amides is 1. The Morgan fingerprint density at radius 3 is 2.83 bits per heavy atom. The molecule has 6 heteroatoms. The van der Waals surface area contributed by atoms with E-state index in [0.29, 0.717) is 12.3 Å². The van der Waals surface area contributed by atoms with Crippen LogP contribution in [0.25, 0.3) is 0 Å². The minimum atomic E-state index is 0.0653. The molecule has 6 nitrogen and oxygen atoms in total. The first-order chi connectivity index (χ1) is 11.6. The molecule has 0 aliphatic carbocycles. The molecule has 1 amide bonds. The van der Waals surface area contributed by atoms with E-state index in [9.17, 15) is 4.79 Å². The standard InChI is InChI=1S/C18H22N2O4/c1-12-8-15(24-19-12)10-18(21)20-7-6-13(11-20)16-9-14(22-2)4-5-17(16)23-3/h4-5,8-9,13H,6-7,10-11H2,1-3H3. The summed E-state index contributed by atoms with van der Waals surface area (Å²) in [6, 6.07) is 7.59. The van der Waals surface area contributed by atoms with Crippen LogP contribution in [-0.2, 0) is 11.2 Å². The third kappa shape index (κ3) is 3.37. The maximum Gasteiger partial charge on any atom is 0.230 e. The minimum Gasteiger partial charge on any atom is -0.497 e. The Morgan fingerprint density at radius 2 is 2.17 bits per heavy atom. The number of nitrogens with zero attached hydrogens (tertiary/aromatic N) is 2. The molecule has 0 radical (unpaired) electrons. The molecule has 0 bridgehead atoms. The number of methoxy groups -OCH3 is 2. The van der Waals surface area contributed by atoms with Gasteiger partial charge in [0.15, 0.2) is 0 Å². The molecule has 1 aliphatic heterocycles. The molecule has 1 unspecified atom stereocenters. The van der Waals surface area contributed by atoms with E-state index in [2.05, 4.69) is 5.16 Å². The third-order valence-corrected chi connectivity index (χ3v) is 4.42. The second-order valence-electron chi connectivity index (χ2n) is 6.04. The number of ether oxygens (including phenoxy) is 2. The van der Waals surface area contributed by atoms with E-state index >= 15 is 0 Å². The summed E-state index contributed by atoms with van der Waals surface area (Å²) in [4.78, 5) is 14.3. The largest absolute Gasteiger partial charge is 0.497 e. The molecule has 1 fully saturated rings. The van der Waals surface area contributed by atoms with Crippen LogP contribution in [-0.4, -0.2) is 43.3 Å². The zero-order valence-corrected chi connectivity index (χ0v) is 14.2. The van der Waals surface area contributed by atoms with Gasteiger partial charge in [-0.25, -0.2) is 0 Å². The first-order valence-corrected chi connectivity index (χ1v) is 8.02. The molecule has 2 aromatic rings. The van der Waals surface area contributed by atoms with Crippen LogP contribution < -0.4 is 9.47 Å². The Kier molecular flexibility index (Phi) is 4.74. The van der Waals surface area contributed by atoms with E-state index in [1.807, 2.05) is 30.0 Å². The number of aryl methyl sites for hydroxylation is 1. The van der Waals surface area contributed by atoms with Crippen molar-refractivity contribution in [3.8, 4) is 11.5 Å². The Morgan fingerprint density at radius 1 is 1.33 bits per heavy atom. The van der Waals surface area contributed by atoms with Crippen molar-refractivity contribution < 1.29 is 18.8 Å². The highest BCUT2D eigenvalue weighted by atomic mass is 16.5. The van der Waals surface area contributed by atoms with Crippen LogP contribution in [0.3, 0.4) is 0 Å². The summed E-state index contributed by atoms with van der Waals surface area (Å²) in [5.41, 5.74) is 1.88. The molecule has 1 aliphatic rings. The highest BCUT2D eigenvalue weighted by molar-refractivity contribution is 5.78. The second kappa shape index (κ2) is 6.95. The molecule has 0 spiro atoms. The maximum absolute atomic E-state index is 12.5. The molecule has 1 aromatic heterocycles. The molecule has 3 rings (SSSR count). The minimum absolute atomic E-state index is 0.0653. The predicted molar refractivity (Wildman–Crippen MR) is 88.4 cm³/mol. The van der Waals surface area contributed by atoms with Crippen LogP contribution in [0.15, 0.2) is 28.8 Å². The predicted octanol–water partition coefficient (Wildman–Crippen LogP) is 2.56. The van der Waals surface area contributed by atoms with E-state index < -0.39 is 0 Å². The van der Waals surface area contributed by atoms with E-state index in [1.165, 1.54) is 0 Å². The van der Waals surface area contributed by atoms with Gasteiger partial charge in [0.05, 0.1) is 26.3 Å². The van der Waals surface area contributed by atoms with Gasteiger partial charge in [-0.2, -0.15) is 0 Å². The summed E-state index contributed by atoms with van der Waals surface area (Å²) < 4.78 is 15.9. The lowest BCUT2D eigenvalue weighted by Gasteiger charge is -2.18. The molecule has 0 N–H and O–H groups in total. The number of hydrogen-bond donors (Lipinski definition) is 0. The zero-order valence-electron chi connectivity index (χ0n) is 14.2. The van der Waals surface area contributed by atoms with Crippen molar-refractivity contribution in [1.82, 2.24) is 10.1 Å². The van der Waals surface area contributed by atoms with Gasteiger partial charge in [0.25, 0.3) is 0 Å². The number of aromatic nitrogens is 1. The fourth-order valence-corrected chi connectivity index (χ4v) is 3.16. The number of carbonyl (C=O) groups is 1. The van der Waals surface area contributed by atoms with Crippen LogP contribution in [0.4, 0.5) is 0 Å². The lowest BCUT2D eigenvalue weighted by molar-refractivity contribution is -0.129. The summed E-state index contributed by atoms with van der Waals surface area (Å²) in [6.07, 6.45) is 1.16. The maximum atomic E-state index is 12.5. The average Bonchev–Trinajstić information content (AvgIpc) is 3.23. The van der Waals surface area contributed by atoms with Crippen molar-refractivity contribution in [1.29, 1.82) is 0 Å². The van der Waals surface area contributed by atoms with E-state index in [0.717, 1.165) is 35.7 Å². The number of rotatable bonds is 5. The molecule has 1 aromatic carbocycles. The Bertz CT molecular complexity index is 726. The lowest BCUT2D eigenvalue weighted by atomic mass is 9.97. The summed E-state index contributed by atoms with van der Waals surface area (Å²) in [7, 11) is 3.31. The van der Waals surface area contributed by atoms with Crippen molar-refractivity contribution >= 4 is 5.91 Å². The SMILES string of the molecule is COc1ccc(OC)c(C2CCN(C(=O)Cc3cc(C)no3)C2)c1. The normalized spacial score (nSPS) is 17.1. The molecule has 2 heterocycles. The second-order valence-corrected chi connectivity index (χ2v) is 6.04. The summed E-state index contributed by atoms with van der Waals surface area (Å²) >= 11 is 0. The Hall–Kier alpha value is -2.50. The molecular formula is C18H22N2O4. The van der Waals surface area contributed by atoms with Gasteiger partial charge in [0.2, 0.25) is 5.91 Å². The summed E-state index contributed by atoms with van der Waals surface area (Å²) in [5.74, 6) is 2.56. The first-order valence-electron chi connectivity index (χ1n) is 8.02. The molecule has 1 saturated heterocycles. The molecule has 128 valence electrons. The van der Waals surface area contributed by atoms with Gasteiger partial charge in [-0.05, 0) is 31.5 Å². The van der Waals surface area contributed by atoms with Crippen molar-refractivity contribution in [2.75, 3.05) is 27.3 Å². The first kappa shape index (κ1) is 16.4. The quantitative estimate of drug-likeness (QED) is 0.843. The number of likely N-dealkylation sites (tertiary alicyclic amines) is 1. The molecule has 0 saturated carbocycles. The van der Waals surface area contributed by atoms with Crippen molar-refractivity contribution in [2.45, 2.75) is 25.7 Å². The molecule has 24 heavy (non-hydrogen) atoms. The monoisotopic (exact) mass is 330 g/mol. The average molecular weight is 330 g/mol. The topological polar surface area (TPSA) is 64.8 Å². The highest BCUT2D eigenvalue weighted by Crippen LogP contribution is 2.36. The van der Waals surface area contributed by atoms with E-state index in [-0.39, 0.29) is 18.2 Å². The van der Waals surface area contributed by atoms with Crippen LogP contribution in [0.1, 0.15) is 29.4 Å². The van der Waals surface area contributed by atoms with Crippen LogP contribution >= 0.6 is 0 Å². The molecular weight excluding hydrogens is 308 g/mol. The number of benzene rings is 1. The van der Waals surface area contributed by atoms with Gasteiger partial charge in [0.1, 0.15) is 17.3 Å². The Balaban J connectivity index is 1.69.